The van der Waals surface area contributed by atoms with Gasteiger partial charge in [0.1, 0.15) is 11.8 Å². The van der Waals surface area contributed by atoms with Crippen LogP contribution in [0.4, 0.5) is 5.69 Å². The van der Waals surface area contributed by atoms with Crippen LogP contribution in [0, 0.1) is 29.1 Å². The summed E-state index contributed by atoms with van der Waals surface area (Å²) in [7, 11) is 5.86. The number of aliphatic hydroxyl groups excluding tert-OH is 1. The zero-order valence-electron chi connectivity index (χ0n) is 31.8. The number of benzene rings is 3. The van der Waals surface area contributed by atoms with Crippen LogP contribution in [0.1, 0.15) is 70.1 Å². The van der Waals surface area contributed by atoms with Gasteiger partial charge in [-0.1, -0.05) is 75.4 Å². The highest BCUT2D eigenvalue weighted by Crippen LogP contribution is 2.61. The number of rotatable bonds is 14. The monoisotopic (exact) mass is 696 g/mol. The van der Waals surface area contributed by atoms with E-state index in [0.29, 0.717) is 29.7 Å². The van der Waals surface area contributed by atoms with E-state index in [1.807, 2.05) is 12.1 Å². The normalized spacial score (nSPS) is 27.4. The molecule has 3 aromatic carbocycles. The fraction of sp³-hybridized carbons (Fsp3) is 0.558. The van der Waals surface area contributed by atoms with Crippen molar-refractivity contribution >= 4 is 11.6 Å². The first-order valence-electron chi connectivity index (χ1n) is 19.1. The van der Waals surface area contributed by atoms with Crippen LogP contribution in [-0.4, -0.2) is 68.1 Å². The number of hydrogen-bond donors (Lipinski definition) is 3. The van der Waals surface area contributed by atoms with Crippen molar-refractivity contribution in [2.75, 3.05) is 32.6 Å². The van der Waals surface area contributed by atoms with E-state index in [9.17, 15) is 9.90 Å². The van der Waals surface area contributed by atoms with Crippen LogP contribution in [0.15, 0.2) is 66.7 Å². The maximum absolute atomic E-state index is 14.3. The molecule has 0 spiro atoms. The van der Waals surface area contributed by atoms with Crippen molar-refractivity contribution in [2.24, 2.45) is 34.8 Å². The minimum atomic E-state index is -0.775. The van der Waals surface area contributed by atoms with Gasteiger partial charge < -0.3 is 25.8 Å². The number of hydroxylamine groups is 2. The fourth-order valence-corrected chi connectivity index (χ4v) is 9.41. The molecule has 0 radical (unpaired) electrons. The second kappa shape index (κ2) is 15.7. The standard InChI is InChI=1S/C43H60N4O4/c1-27-36-23-33(43(36,3)4)24-37(27)45-42(49)40-39(28(2)48)38(25-44)51-47(40)26-31-18-13-19-35(41(31)50-7)32-20-30(21-34(22-32)46(5)6)17-12-11-16-29-14-9-8-10-15-29/h8-10,13-15,18-22,27-28,33,36-40,48H,11-12,16-17,23-26,44H2,1-7H3,(H,45,49)/t27-,28-,33-,36-,37-,38-,39+,40-/m0/s1. The fourth-order valence-electron chi connectivity index (χ4n) is 9.41. The third-order valence-corrected chi connectivity index (χ3v) is 12.6. The predicted molar refractivity (Wildman–Crippen MR) is 205 cm³/mol. The van der Waals surface area contributed by atoms with Crippen LogP contribution < -0.4 is 20.7 Å². The molecule has 3 saturated carbocycles. The second-order valence-electron chi connectivity index (χ2n) is 16.3. The molecule has 8 nitrogen and oxygen atoms in total. The zero-order chi connectivity index (χ0) is 36.4. The van der Waals surface area contributed by atoms with E-state index in [1.165, 1.54) is 17.5 Å². The quantitative estimate of drug-likeness (QED) is 0.163. The molecule has 4 fully saturated rings. The third kappa shape index (κ3) is 7.71. The lowest BCUT2D eigenvalue weighted by Gasteiger charge is -2.62. The molecule has 276 valence electrons. The molecule has 4 aliphatic rings. The van der Waals surface area contributed by atoms with Crippen LogP contribution in [0.2, 0.25) is 0 Å². The molecule has 1 heterocycles. The number of carbonyl (C=O) groups excluding carboxylic acids is 1. The molecular formula is C43H60N4O4. The Labute approximate surface area is 305 Å². The van der Waals surface area contributed by atoms with Crippen molar-refractivity contribution in [1.29, 1.82) is 0 Å². The van der Waals surface area contributed by atoms with E-state index in [-0.39, 0.29) is 18.5 Å². The number of aliphatic hydroxyl groups is 1. The Morgan fingerprint density at radius 1 is 1.06 bits per heavy atom. The SMILES string of the molecule is COc1c(CN2O[C@@H](CN)[C@@H]([C@H](C)O)[C@H]2C(=O)N[C@H]2C[C@@H]3C[C@@H]([C@@H]2C)C3(C)C)cccc1-c1cc(CCCCc2ccccc2)cc(N(C)C)c1. The van der Waals surface area contributed by atoms with E-state index in [0.717, 1.165) is 60.2 Å². The van der Waals surface area contributed by atoms with Gasteiger partial charge in [0.05, 0.1) is 25.9 Å². The van der Waals surface area contributed by atoms with E-state index in [1.54, 1.807) is 19.1 Å². The van der Waals surface area contributed by atoms with Crippen molar-refractivity contribution in [3.63, 3.8) is 0 Å². The Morgan fingerprint density at radius 3 is 2.41 bits per heavy atom. The van der Waals surface area contributed by atoms with Gasteiger partial charge in [0, 0.05) is 49.4 Å². The summed E-state index contributed by atoms with van der Waals surface area (Å²) in [6.07, 6.45) is 5.27. The summed E-state index contributed by atoms with van der Waals surface area (Å²) in [6, 6.07) is 23.1. The first-order chi connectivity index (χ1) is 24.4. The van der Waals surface area contributed by atoms with E-state index in [4.69, 9.17) is 15.3 Å². The van der Waals surface area contributed by atoms with Gasteiger partial charge in [0.2, 0.25) is 5.91 Å². The number of nitrogens with two attached hydrogens (primary N) is 1. The van der Waals surface area contributed by atoms with Crippen molar-refractivity contribution in [3.8, 4) is 16.9 Å². The van der Waals surface area contributed by atoms with Gasteiger partial charge in [-0.05, 0) is 97.4 Å². The number of unbranched alkanes of at least 4 members (excludes halogenated alkanes) is 1. The summed E-state index contributed by atoms with van der Waals surface area (Å²) >= 11 is 0. The smallest absolute Gasteiger partial charge is 0.240 e. The number of ether oxygens (including phenoxy) is 1. The van der Waals surface area contributed by atoms with Crippen LogP contribution in [0.3, 0.4) is 0 Å². The molecule has 3 aromatic rings. The number of anilines is 1. The average molecular weight is 697 g/mol. The predicted octanol–water partition coefficient (Wildman–Crippen LogP) is 6.62. The summed E-state index contributed by atoms with van der Waals surface area (Å²) in [4.78, 5) is 22.8. The number of hydrogen-bond acceptors (Lipinski definition) is 7. The third-order valence-electron chi connectivity index (χ3n) is 12.6. The molecule has 1 amide bonds. The molecule has 2 bridgehead atoms. The van der Waals surface area contributed by atoms with Crippen LogP contribution in [-0.2, 0) is 29.0 Å². The zero-order valence-corrected chi connectivity index (χ0v) is 31.8. The van der Waals surface area contributed by atoms with Crippen LogP contribution in [0.5, 0.6) is 5.75 Å². The highest BCUT2D eigenvalue weighted by atomic mass is 16.7. The van der Waals surface area contributed by atoms with E-state index in [2.05, 4.69) is 99.7 Å². The molecule has 7 rings (SSSR count). The average Bonchev–Trinajstić information content (AvgIpc) is 3.49. The molecule has 8 heteroatoms. The van der Waals surface area contributed by atoms with Gasteiger partial charge in [0.25, 0.3) is 0 Å². The Hall–Kier alpha value is -3.43. The lowest BCUT2D eigenvalue weighted by Crippen LogP contribution is -2.62. The van der Waals surface area contributed by atoms with Crippen LogP contribution >= 0.6 is 0 Å². The Kier molecular flexibility index (Phi) is 11.5. The van der Waals surface area contributed by atoms with Crippen molar-refractivity contribution in [2.45, 2.75) is 97.1 Å². The molecular weight excluding hydrogens is 636 g/mol. The lowest BCUT2D eigenvalue weighted by atomic mass is 9.45. The van der Waals surface area contributed by atoms with Gasteiger partial charge in [0.15, 0.2) is 0 Å². The summed E-state index contributed by atoms with van der Waals surface area (Å²) in [5.41, 5.74) is 13.3. The first-order valence-corrected chi connectivity index (χ1v) is 19.1. The van der Waals surface area contributed by atoms with Gasteiger partial charge >= 0.3 is 0 Å². The first kappa shape index (κ1) is 37.3. The summed E-state index contributed by atoms with van der Waals surface area (Å²) in [5.74, 6) is 1.81. The van der Waals surface area contributed by atoms with Crippen LogP contribution in [0.25, 0.3) is 11.1 Å². The van der Waals surface area contributed by atoms with Crippen molar-refractivity contribution < 1.29 is 19.5 Å². The van der Waals surface area contributed by atoms with Gasteiger partial charge in [-0.2, -0.15) is 5.06 Å². The molecule has 1 aliphatic heterocycles. The Bertz CT molecular complexity index is 1640. The number of para-hydroxylation sites is 1. The van der Waals surface area contributed by atoms with Gasteiger partial charge in [-0.3, -0.25) is 9.63 Å². The summed E-state index contributed by atoms with van der Waals surface area (Å²) in [6.45, 7) is 9.27. The molecule has 0 aromatic heterocycles. The highest BCUT2D eigenvalue weighted by molar-refractivity contribution is 5.83. The lowest BCUT2D eigenvalue weighted by molar-refractivity contribution is -0.175. The number of aryl methyl sites for hydroxylation is 2. The number of fused-ring (bicyclic) bond motifs is 2. The minimum Gasteiger partial charge on any atom is -0.496 e. The van der Waals surface area contributed by atoms with E-state index < -0.39 is 24.2 Å². The largest absolute Gasteiger partial charge is 0.496 e. The Balaban J connectivity index is 1.24. The van der Waals surface area contributed by atoms with E-state index >= 15 is 0 Å². The maximum Gasteiger partial charge on any atom is 0.240 e. The maximum atomic E-state index is 14.3. The molecule has 1 saturated heterocycles. The topological polar surface area (TPSA) is 100 Å². The molecule has 51 heavy (non-hydrogen) atoms. The number of carbonyl (C=O) groups is 1. The summed E-state index contributed by atoms with van der Waals surface area (Å²) in [5, 5.41) is 16.2. The summed E-state index contributed by atoms with van der Waals surface area (Å²) < 4.78 is 6.15. The number of nitrogens with one attached hydrogen (secondary N) is 1. The highest BCUT2D eigenvalue weighted by Gasteiger charge is 2.57. The van der Waals surface area contributed by atoms with Crippen molar-refractivity contribution in [3.05, 3.63) is 83.4 Å². The number of methoxy groups -OCH3 is 1. The Morgan fingerprint density at radius 2 is 1.78 bits per heavy atom. The number of amides is 1. The molecule has 0 unspecified atom stereocenters. The molecule has 4 N–H and O–H groups in total. The molecule has 3 aliphatic carbocycles. The van der Waals surface area contributed by atoms with Gasteiger partial charge in [-0.25, -0.2) is 0 Å². The second-order valence-corrected chi connectivity index (χ2v) is 16.3. The number of nitrogens with zero attached hydrogens (tertiary/aromatic N) is 2. The van der Waals surface area contributed by atoms with Crippen molar-refractivity contribution in [1.82, 2.24) is 10.4 Å². The molecule has 8 atom stereocenters. The van der Waals surface area contributed by atoms with Gasteiger partial charge in [-0.15, -0.1) is 0 Å². The minimum absolute atomic E-state index is 0.0986.